The van der Waals surface area contributed by atoms with Crippen molar-refractivity contribution < 1.29 is 9.84 Å². The van der Waals surface area contributed by atoms with E-state index in [0.29, 0.717) is 12.3 Å². The van der Waals surface area contributed by atoms with Crippen LogP contribution in [0.5, 0.6) is 5.75 Å². The predicted octanol–water partition coefficient (Wildman–Crippen LogP) is 3.49. The van der Waals surface area contributed by atoms with Crippen LogP contribution in [0.25, 0.3) is 10.9 Å². The molecule has 1 heterocycles. The average molecular weight is 532 g/mol. The van der Waals surface area contributed by atoms with Crippen molar-refractivity contribution in [3.05, 3.63) is 65.4 Å². The van der Waals surface area contributed by atoms with Crippen LogP contribution in [0.3, 0.4) is 0 Å². The van der Waals surface area contributed by atoms with Crippen molar-refractivity contribution in [1.29, 1.82) is 0 Å². The lowest BCUT2D eigenvalue weighted by Gasteiger charge is -2.11. The third-order valence-corrected chi connectivity index (χ3v) is 4.93. The molecule has 0 amide bonds. The van der Waals surface area contributed by atoms with Gasteiger partial charge < -0.3 is 14.4 Å². The fraction of sp³-hybridized carbons (Fsp3) is 0.0769. The summed E-state index contributed by atoms with van der Waals surface area (Å²) in [6.45, 7) is 2.54. The standard InChI is InChI=1S/C39H17NO2/c1-3-4-5-6-7-8-9-10-11-12-13-14-15-16-17-18-19-20-21-24-27-42-38-29-34(2)28-35(30-38)32-40-37(33-41)31-36-25-22-23-26-39(36)40/h1,22-23,25-26,28-31,41H,32-33H2,2H3. The first-order valence-corrected chi connectivity index (χ1v) is 12.1. The number of aromatic nitrogens is 1. The Labute approximate surface area is 247 Å². The second kappa shape index (κ2) is 17.4. The van der Waals surface area contributed by atoms with E-state index < -0.39 is 0 Å². The summed E-state index contributed by atoms with van der Waals surface area (Å²) in [5, 5.41) is 10.9. The molecule has 3 nitrogen and oxygen atoms in total. The van der Waals surface area contributed by atoms with Gasteiger partial charge in [0.05, 0.1) is 6.61 Å². The van der Waals surface area contributed by atoms with Gasteiger partial charge in [-0.05, 0) is 95.1 Å². The highest BCUT2D eigenvalue weighted by Gasteiger charge is 2.09. The van der Waals surface area contributed by atoms with E-state index in [9.17, 15) is 5.11 Å². The molecule has 190 valence electrons. The van der Waals surface area contributed by atoms with Crippen LogP contribution >= 0.6 is 0 Å². The molecule has 3 rings (SSSR count). The van der Waals surface area contributed by atoms with Crippen molar-refractivity contribution in [2.75, 3.05) is 0 Å². The van der Waals surface area contributed by atoms with Gasteiger partial charge >= 0.3 is 0 Å². The fourth-order valence-electron chi connectivity index (χ4n) is 3.42. The maximum absolute atomic E-state index is 9.82. The number of aryl methyl sites for hydroxylation is 1. The molecule has 3 heteroatoms. The highest BCUT2D eigenvalue weighted by molar-refractivity contribution is 5.81. The number of ether oxygens (including phenoxy) is 1. The molecule has 0 fully saturated rings. The van der Waals surface area contributed by atoms with Crippen LogP contribution in [-0.2, 0) is 13.2 Å². The maximum atomic E-state index is 9.82. The lowest BCUT2D eigenvalue weighted by Crippen LogP contribution is -2.04. The summed E-state index contributed by atoms with van der Waals surface area (Å²) in [7, 11) is 0. The Morgan fingerprint density at radius 2 is 1.19 bits per heavy atom. The summed E-state index contributed by atoms with van der Waals surface area (Å²) >= 11 is 0. The Hall–Kier alpha value is -7.10. The molecule has 0 saturated carbocycles. The number of hydrogen-bond donors (Lipinski definition) is 1. The van der Waals surface area contributed by atoms with Gasteiger partial charge in [-0.25, -0.2) is 0 Å². The Morgan fingerprint density at radius 3 is 1.74 bits per heavy atom. The number of rotatable bonds is 4. The van der Waals surface area contributed by atoms with Crippen LogP contribution in [0.4, 0.5) is 0 Å². The van der Waals surface area contributed by atoms with E-state index in [4.69, 9.17) is 11.2 Å². The van der Waals surface area contributed by atoms with Gasteiger partial charge in [-0.3, -0.25) is 0 Å². The van der Waals surface area contributed by atoms with Gasteiger partial charge in [-0.15, -0.1) is 6.42 Å². The average Bonchev–Trinajstić information content (AvgIpc) is 3.35. The quantitative estimate of drug-likeness (QED) is 0.524. The molecule has 42 heavy (non-hydrogen) atoms. The zero-order chi connectivity index (χ0) is 29.7. The largest absolute Gasteiger partial charge is 0.407 e. The van der Waals surface area contributed by atoms with Gasteiger partial charge in [0, 0.05) is 88.8 Å². The molecule has 1 aromatic heterocycles. The number of benzene rings is 2. The highest BCUT2D eigenvalue weighted by atomic mass is 16.5. The van der Waals surface area contributed by atoms with Crippen LogP contribution in [0.2, 0.25) is 0 Å². The lowest BCUT2D eigenvalue weighted by atomic mass is 10.1. The normalized spacial score (nSPS) is 7.45. The third kappa shape index (κ3) is 10.3. The van der Waals surface area contributed by atoms with Crippen LogP contribution in [0.15, 0.2) is 48.5 Å². The molecule has 3 aromatic rings. The number of para-hydroxylation sites is 1. The van der Waals surface area contributed by atoms with Crippen molar-refractivity contribution in [3.8, 4) is 137 Å². The Kier molecular flexibility index (Phi) is 12.2. The summed E-state index contributed by atoms with van der Waals surface area (Å²) < 4.78 is 7.66. The van der Waals surface area contributed by atoms with Crippen LogP contribution < -0.4 is 4.74 Å². The number of terminal acetylenes is 1. The van der Waals surface area contributed by atoms with Crippen molar-refractivity contribution >= 4 is 10.9 Å². The summed E-state index contributed by atoms with van der Waals surface area (Å²) in [6.07, 6.45) is 7.52. The molecular weight excluding hydrogens is 514 g/mol. The van der Waals surface area contributed by atoms with Gasteiger partial charge in [-0.1, -0.05) is 24.3 Å². The summed E-state index contributed by atoms with van der Waals surface area (Å²) in [6, 6.07) is 15.9. The van der Waals surface area contributed by atoms with Crippen LogP contribution in [-0.4, -0.2) is 9.67 Å². The number of aliphatic hydroxyl groups is 1. The molecule has 0 bridgehead atoms. The van der Waals surface area contributed by atoms with E-state index in [1.165, 1.54) is 0 Å². The molecule has 0 radical (unpaired) electrons. The molecule has 0 atom stereocenters. The molecule has 0 spiro atoms. The van der Waals surface area contributed by atoms with Crippen molar-refractivity contribution in [1.82, 2.24) is 4.57 Å². The summed E-state index contributed by atoms with van der Waals surface area (Å²) in [4.78, 5) is 0. The number of nitrogens with zero attached hydrogens (tertiary/aromatic N) is 1. The van der Waals surface area contributed by atoms with Crippen molar-refractivity contribution in [2.45, 2.75) is 20.1 Å². The first kappa shape index (κ1) is 29.5. The van der Waals surface area contributed by atoms with E-state index in [1.807, 2.05) is 49.4 Å². The first-order chi connectivity index (χ1) is 20.7. The molecule has 0 saturated heterocycles. The maximum Gasteiger partial charge on any atom is 0.140 e. The molecule has 0 aliphatic heterocycles. The van der Waals surface area contributed by atoms with E-state index >= 15 is 0 Å². The molecule has 0 aliphatic carbocycles. The number of fused-ring (bicyclic) bond motifs is 1. The smallest absolute Gasteiger partial charge is 0.140 e. The number of aliphatic hydroxyl groups excluding tert-OH is 1. The SMILES string of the molecule is C#CC#CC#CC#CC#CC#CC#CC#CC#CC#CC#COc1cc(C)cc(Cn2c(CO)cc3ccccc32)c1. The van der Waals surface area contributed by atoms with E-state index in [-0.39, 0.29) is 6.61 Å². The molecule has 2 aromatic carbocycles. The molecule has 1 N–H and O–H groups in total. The number of hydrogen-bond acceptors (Lipinski definition) is 2. The van der Waals surface area contributed by atoms with Crippen molar-refractivity contribution in [3.63, 3.8) is 0 Å². The first-order valence-electron chi connectivity index (χ1n) is 12.1. The van der Waals surface area contributed by atoms with Crippen LogP contribution in [0.1, 0.15) is 16.8 Å². The highest BCUT2D eigenvalue weighted by Crippen LogP contribution is 2.23. The summed E-state index contributed by atoms with van der Waals surface area (Å²) in [5.41, 5.74) is 3.97. The van der Waals surface area contributed by atoms with Gasteiger partial charge in [0.25, 0.3) is 0 Å². The van der Waals surface area contributed by atoms with Gasteiger partial charge in [0.2, 0.25) is 0 Å². The second-order valence-electron chi connectivity index (χ2n) is 7.82. The van der Waals surface area contributed by atoms with Gasteiger partial charge in [0.1, 0.15) is 11.9 Å². The Morgan fingerprint density at radius 1 is 0.667 bits per heavy atom. The molecular formula is C39H17NO2. The topological polar surface area (TPSA) is 34.4 Å². The zero-order valence-corrected chi connectivity index (χ0v) is 22.4. The Bertz CT molecular complexity index is 2210. The third-order valence-electron chi connectivity index (χ3n) is 4.93. The minimum atomic E-state index is -0.0409. The van der Waals surface area contributed by atoms with E-state index in [1.54, 1.807) is 0 Å². The zero-order valence-electron chi connectivity index (χ0n) is 22.4. The van der Waals surface area contributed by atoms with E-state index in [2.05, 4.69) is 135 Å². The minimum absolute atomic E-state index is 0.0409. The predicted molar refractivity (Wildman–Crippen MR) is 165 cm³/mol. The van der Waals surface area contributed by atoms with Gasteiger partial charge in [0.15, 0.2) is 0 Å². The second-order valence-corrected chi connectivity index (χ2v) is 7.82. The minimum Gasteiger partial charge on any atom is -0.407 e. The molecule has 0 aliphatic rings. The van der Waals surface area contributed by atoms with E-state index in [0.717, 1.165) is 27.7 Å². The summed E-state index contributed by atoms with van der Waals surface area (Å²) in [5.74, 6) is 50.5. The van der Waals surface area contributed by atoms with Crippen LogP contribution in [0, 0.1) is 138 Å². The lowest BCUT2D eigenvalue weighted by molar-refractivity contribution is 0.272. The van der Waals surface area contributed by atoms with Crippen molar-refractivity contribution in [2.24, 2.45) is 0 Å². The van der Waals surface area contributed by atoms with Gasteiger partial charge in [-0.2, -0.15) is 0 Å². The molecule has 0 unspecified atom stereocenters. The Balaban J connectivity index is 1.52. The fourth-order valence-corrected chi connectivity index (χ4v) is 3.42. The monoisotopic (exact) mass is 531 g/mol.